The lowest BCUT2D eigenvalue weighted by Gasteiger charge is -2.49. The largest absolute Gasteiger partial charge is 0.481 e. The first-order valence-electron chi connectivity index (χ1n) is 6.52. The van der Waals surface area contributed by atoms with Crippen molar-refractivity contribution in [1.82, 2.24) is 4.90 Å². The van der Waals surface area contributed by atoms with Crippen LogP contribution in [0.1, 0.15) is 46.0 Å². The molecule has 2 aliphatic rings. The average Bonchev–Trinajstić information content (AvgIpc) is 2.52. The van der Waals surface area contributed by atoms with Gasteiger partial charge in [0.15, 0.2) is 0 Å². The number of piperidine rings is 1. The number of hydrogen-bond donors (Lipinski definition) is 2. The molecule has 0 aromatic carbocycles. The van der Waals surface area contributed by atoms with Crippen LogP contribution in [0.2, 0.25) is 0 Å². The van der Waals surface area contributed by atoms with Gasteiger partial charge >= 0.3 is 5.97 Å². The zero-order valence-corrected chi connectivity index (χ0v) is 10.9. The van der Waals surface area contributed by atoms with Crippen molar-refractivity contribution in [3.05, 3.63) is 0 Å². The summed E-state index contributed by atoms with van der Waals surface area (Å²) in [6, 6.07) is 0.702. The van der Waals surface area contributed by atoms with E-state index in [-0.39, 0.29) is 0 Å². The Hall–Kier alpha value is -0.610. The molecule has 0 radical (unpaired) electrons. The van der Waals surface area contributed by atoms with E-state index in [2.05, 4.69) is 11.9 Å². The summed E-state index contributed by atoms with van der Waals surface area (Å²) in [4.78, 5) is 13.8. The van der Waals surface area contributed by atoms with Gasteiger partial charge in [-0.3, -0.25) is 4.79 Å². The first-order valence-corrected chi connectivity index (χ1v) is 6.52. The van der Waals surface area contributed by atoms with Crippen molar-refractivity contribution in [3.8, 4) is 0 Å². The van der Waals surface area contributed by atoms with Crippen LogP contribution in [-0.2, 0) is 4.79 Å². The number of aliphatic carboxylic acids is 1. The van der Waals surface area contributed by atoms with Crippen LogP contribution in [0.15, 0.2) is 0 Å². The Morgan fingerprint density at radius 3 is 2.24 bits per heavy atom. The van der Waals surface area contributed by atoms with Crippen molar-refractivity contribution in [3.63, 3.8) is 0 Å². The van der Waals surface area contributed by atoms with Crippen LogP contribution in [0.3, 0.4) is 0 Å². The highest BCUT2D eigenvalue weighted by Gasteiger charge is 2.57. The van der Waals surface area contributed by atoms with E-state index in [4.69, 9.17) is 0 Å². The first kappa shape index (κ1) is 12.8. The second-order valence-electron chi connectivity index (χ2n) is 5.98. The minimum absolute atomic E-state index is 0.351. The van der Waals surface area contributed by atoms with Crippen LogP contribution in [0.25, 0.3) is 0 Å². The Kier molecular flexibility index (Phi) is 2.99. The molecule has 0 aromatic rings. The highest BCUT2D eigenvalue weighted by atomic mass is 16.4. The molecule has 17 heavy (non-hydrogen) atoms. The monoisotopic (exact) mass is 241 g/mol. The van der Waals surface area contributed by atoms with Crippen LogP contribution in [0.4, 0.5) is 0 Å². The molecule has 2 N–H and O–H groups in total. The van der Waals surface area contributed by atoms with Gasteiger partial charge in [0.05, 0.1) is 11.0 Å². The highest BCUT2D eigenvalue weighted by Crippen LogP contribution is 2.49. The molecule has 3 atom stereocenters. The van der Waals surface area contributed by atoms with Crippen molar-refractivity contribution in [2.45, 2.75) is 63.6 Å². The minimum atomic E-state index is -1.05. The average molecular weight is 241 g/mol. The first-order chi connectivity index (χ1) is 7.84. The number of carboxylic acid groups (broad SMARTS) is 1. The number of hydrogen-bond acceptors (Lipinski definition) is 3. The third-order valence-corrected chi connectivity index (χ3v) is 5.34. The van der Waals surface area contributed by atoms with Gasteiger partial charge in [-0.05, 0) is 46.1 Å². The van der Waals surface area contributed by atoms with Crippen LogP contribution in [-0.4, -0.2) is 45.8 Å². The van der Waals surface area contributed by atoms with E-state index in [0.29, 0.717) is 31.3 Å². The third kappa shape index (κ3) is 1.69. The predicted octanol–water partition coefficient (Wildman–Crippen LogP) is 1.48. The van der Waals surface area contributed by atoms with E-state index < -0.39 is 17.0 Å². The van der Waals surface area contributed by atoms with Crippen molar-refractivity contribution >= 4 is 5.97 Å². The van der Waals surface area contributed by atoms with Gasteiger partial charge in [-0.2, -0.15) is 0 Å². The number of fused-ring (bicyclic) bond motifs is 2. The fraction of sp³-hybridized carbons (Fsp3) is 0.923. The van der Waals surface area contributed by atoms with Gasteiger partial charge in [0, 0.05) is 12.1 Å². The van der Waals surface area contributed by atoms with Gasteiger partial charge in [0.2, 0.25) is 0 Å². The van der Waals surface area contributed by atoms with Gasteiger partial charge < -0.3 is 15.1 Å². The highest BCUT2D eigenvalue weighted by molar-refractivity contribution is 5.76. The maximum absolute atomic E-state index is 11.5. The Bertz CT molecular complexity index is 317. The normalized spacial score (nSPS) is 41.2. The topological polar surface area (TPSA) is 60.8 Å². The summed E-state index contributed by atoms with van der Waals surface area (Å²) < 4.78 is 0. The molecular formula is C13H23NO3. The molecule has 0 saturated carbocycles. The predicted molar refractivity (Wildman–Crippen MR) is 64.8 cm³/mol. The third-order valence-electron chi connectivity index (χ3n) is 5.34. The van der Waals surface area contributed by atoms with E-state index in [1.54, 1.807) is 6.92 Å². The molecule has 2 rings (SSSR count). The molecule has 3 unspecified atom stereocenters. The Morgan fingerprint density at radius 2 is 1.88 bits per heavy atom. The summed E-state index contributed by atoms with van der Waals surface area (Å²) >= 11 is 0. The lowest BCUT2D eigenvalue weighted by atomic mass is 9.65. The fourth-order valence-corrected chi connectivity index (χ4v) is 3.58. The zero-order valence-electron chi connectivity index (χ0n) is 10.9. The summed E-state index contributed by atoms with van der Waals surface area (Å²) in [5.74, 6) is -0.869. The second-order valence-corrected chi connectivity index (χ2v) is 5.98. The molecule has 4 nitrogen and oxygen atoms in total. The molecular weight excluding hydrogens is 218 g/mol. The van der Waals surface area contributed by atoms with Crippen molar-refractivity contribution in [2.24, 2.45) is 5.41 Å². The summed E-state index contributed by atoms with van der Waals surface area (Å²) in [5.41, 5.74) is -2.07. The zero-order chi connectivity index (χ0) is 12.8. The van der Waals surface area contributed by atoms with E-state index in [0.717, 1.165) is 12.8 Å². The number of rotatable bonds is 3. The number of carboxylic acids is 1. The van der Waals surface area contributed by atoms with Crippen molar-refractivity contribution in [2.75, 3.05) is 7.05 Å². The van der Waals surface area contributed by atoms with Crippen LogP contribution in [0, 0.1) is 5.41 Å². The number of nitrogens with zero attached hydrogens (tertiary/aromatic N) is 1. The van der Waals surface area contributed by atoms with Gasteiger partial charge in [-0.1, -0.05) is 6.92 Å². The quantitative estimate of drug-likeness (QED) is 0.785. The smallest absolute Gasteiger partial charge is 0.312 e. The van der Waals surface area contributed by atoms with E-state index >= 15 is 0 Å². The minimum Gasteiger partial charge on any atom is -0.481 e. The standard InChI is InChI=1S/C13H23NO3/c1-4-12(2,11(15)16)13(17)7-9-5-6-10(8-13)14(9)3/h9-10,17H,4-8H2,1-3H3,(H,15,16). The lowest BCUT2D eigenvalue weighted by Crippen LogP contribution is -2.59. The molecule has 2 fully saturated rings. The summed E-state index contributed by atoms with van der Waals surface area (Å²) in [6.45, 7) is 3.55. The molecule has 0 aliphatic carbocycles. The molecule has 4 heteroatoms. The maximum atomic E-state index is 11.5. The van der Waals surface area contributed by atoms with E-state index in [1.165, 1.54) is 0 Å². The van der Waals surface area contributed by atoms with Crippen LogP contribution < -0.4 is 0 Å². The lowest BCUT2D eigenvalue weighted by molar-refractivity contribution is -0.178. The molecule has 2 heterocycles. The van der Waals surface area contributed by atoms with Crippen LogP contribution >= 0.6 is 0 Å². The summed E-state index contributed by atoms with van der Waals surface area (Å²) in [7, 11) is 2.09. The Labute approximate surface area is 103 Å². The van der Waals surface area contributed by atoms with Crippen molar-refractivity contribution in [1.29, 1.82) is 0 Å². The Balaban J connectivity index is 2.29. The van der Waals surface area contributed by atoms with Crippen molar-refractivity contribution < 1.29 is 15.0 Å². The number of aliphatic hydroxyl groups is 1. The molecule has 2 bridgehead atoms. The van der Waals surface area contributed by atoms with Gasteiger partial charge in [-0.25, -0.2) is 0 Å². The SMILES string of the molecule is CCC(C)(C(=O)O)C1(O)CC2CCC(C1)N2C. The fourth-order valence-electron chi connectivity index (χ4n) is 3.58. The van der Waals surface area contributed by atoms with Gasteiger partial charge in [0.25, 0.3) is 0 Å². The summed E-state index contributed by atoms with van der Waals surface area (Å²) in [6.07, 6.45) is 3.83. The maximum Gasteiger partial charge on any atom is 0.312 e. The molecule has 0 spiro atoms. The van der Waals surface area contributed by atoms with Crippen LogP contribution in [0.5, 0.6) is 0 Å². The second kappa shape index (κ2) is 3.95. The summed E-state index contributed by atoms with van der Waals surface area (Å²) in [5, 5.41) is 20.3. The van der Waals surface area contributed by atoms with Gasteiger partial charge in [-0.15, -0.1) is 0 Å². The molecule has 98 valence electrons. The Morgan fingerprint density at radius 1 is 1.41 bits per heavy atom. The van der Waals surface area contributed by atoms with Gasteiger partial charge in [0.1, 0.15) is 0 Å². The molecule has 0 amide bonds. The molecule has 0 aromatic heterocycles. The van der Waals surface area contributed by atoms with E-state index in [1.807, 2.05) is 6.92 Å². The molecule has 2 aliphatic heterocycles. The van der Waals surface area contributed by atoms with E-state index in [9.17, 15) is 15.0 Å². The molecule has 2 saturated heterocycles. The number of carbonyl (C=O) groups is 1.